The van der Waals surface area contributed by atoms with E-state index in [4.69, 9.17) is 16.3 Å². The van der Waals surface area contributed by atoms with Gasteiger partial charge in [-0.15, -0.1) is 11.3 Å². The average molecular weight is 362 g/mol. The largest absolute Gasteiger partial charge is 0.467 e. The van der Waals surface area contributed by atoms with Gasteiger partial charge in [0.2, 0.25) is 5.88 Å². The second kappa shape index (κ2) is 6.75. The third-order valence-electron chi connectivity index (χ3n) is 3.67. The molecule has 24 heavy (non-hydrogen) atoms. The quantitative estimate of drug-likeness (QED) is 0.753. The van der Waals surface area contributed by atoms with E-state index in [-0.39, 0.29) is 12.5 Å². The molecule has 0 aliphatic rings. The third-order valence-corrected chi connectivity index (χ3v) is 5.10. The molecule has 7 heteroatoms. The minimum atomic E-state index is -0.294. The summed E-state index contributed by atoms with van der Waals surface area (Å²) in [4.78, 5) is 22.5. The smallest absolute Gasteiger partial charge is 0.262 e. The standard InChI is InChI=1S/C17H16ClN3O2S/c1-9-4-5-13(12(18)6-9)21-14(22)7-23-16-15-10(2)11(3)24-17(15)20-8-19-16/h4-6,8H,7H2,1-3H3,(H,21,22). The lowest BCUT2D eigenvalue weighted by molar-refractivity contribution is -0.118. The Labute approximate surface area is 148 Å². The van der Waals surface area contributed by atoms with Crippen LogP contribution in [0.3, 0.4) is 0 Å². The minimum Gasteiger partial charge on any atom is -0.467 e. The maximum Gasteiger partial charge on any atom is 0.262 e. The van der Waals surface area contributed by atoms with Crippen molar-refractivity contribution in [3.05, 3.63) is 45.6 Å². The monoisotopic (exact) mass is 361 g/mol. The predicted molar refractivity (Wildman–Crippen MR) is 97.2 cm³/mol. The minimum absolute atomic E-state index is 0.148. The molecular weight excluding hydrogens is 346 g/mol. The summed E-state index contributed by atoms with van der Waals surface area (Å²) in [6.07, 6.45) is 1.45. The van der Waals surface area contributed by atoms with Crippen LogP contribution in [0.15, 0.2) is 24.5 Å². The highest BCUT2D eigenvalue weighted by atomic mass is 35.5. The third kappa shape index (κ3) is 3.34. The molecule has 0 unspecified atom stereocenters. The highest BCUT2D eigenvalue weighted by Crippen LogP contribution is 2.33. The summed E-state index contributed by atoms with van der Waals surface area (Å²) in [5.41, 5.74) is 2.67. The van der Waals surface area contributed by atoms with Gasteiger partial charge in [0, 0.05) is 4.88 Å². The average Bonchev–Trinajstić information content (AvgIpc) is 2.83. The van der Waals surface area contributed by atoms with Gasteiger partial charge in [-0.05, 0) is 44.0 Å². The van der Waals surface area contributed by atoms with E-state index in [9.17, 15) is 4.79 Å². The SMILES string of the molecule is Cc1ccc(NC(=O)COc2ncnc3sc(C)c(C)c23)c(Cl)c1. The van der Waals surface area contributed by atoms with Crippen molar-refractivity contribution in [2.75, 3.05) is 11.9 Å². The van der Waals surface area contributed by atoms with Crippen molar-refractivity contribution in [3.8, 4) is 5.88 Å². The Morgan fingerprint density at radius 3 is 2.83 bits per heavy atom. The zero-order valence-electron chi connectivity index (χ0n) is 13.5. The number of ether oxygens (including phenoxy) is 1. The molecule has 0 saturated carbocycles. The van der Waals surface area contributed by atoms with E-state index in [1.807, 2.05) is 26.8 Å². The molecular formula is C17H16ClN3O2S. The second-order valence-corrected chi connectivity index (χ2v) is 7.07. The van der Waals surface area contributed by atoms with Crippen LogP contribution in [0.25, 0.3) is 10.2 Å². The number of rotatable bonds is 4. The van der Waals surface area contributed by atoms with Crippen LogP contribution >= 0.6 is 22.9 Å². The molecule has 1 amide bonds. The fourth-order valence-electron chi connectivity index (χ4n) is 2.30. The van der Waals surface area contributed by atoms with Crippen LogP contribution in [0.1, 0.15) is 16.0 Å². The molecule has 1 aromatic carbocycles. The molecule has 0 aliphatic heterocycles. The summed E-state index contributed by atoms with van der Waals surface area (Å²) < 4.78 is 5.61. The molecule has 0 bridgehead atoms. The van der Waals surface area contributed by atoms with Crippen LogP contribution in [0.4, 0.5) is 5.69 Å². The van der Waals surface area contributed by atoms with Gasteiger partial charge in [-0.3, -0.25) is 4.79 Å². The van der Waals surface area contributed by atoms with Crippen molar-refractivity contribution in [3.63, 3.8) is 0 Å². The van der Waals surface area contributed by atoms with Crippen molar-refractivity contribution < 1.29 is 9.53 Å². The van der Waals surface area contributed by atoms with Gasteiger partial charge >= 0.3 is 0 Å². The number of hydrogen-bond donors (Lipinski definition) is 1. The number of carbonyl (C=O) groups excluding carboxylic acids is 1. The summed E-state index contributed by atoms with van der Waals surface area (Å²) in [5, 5.41) is 4.10. The first-order valence-electron chi connectivity index (χ1n) is 7.35. The molecule has 0 radical (unpaired) electrons. The topological polar surface area (TPSA) is 64.1 Å². The fourth-order valence-corrected chi connectivity index (χ4v) is 3.57. The van der Waals surface area contributed by atoms with Gasteiger partial charge in [0.1, 0.15) is 11.2 Å². The summed E-state index contributed by atoms with van der Waals surface area (Å²) >= 11 is 7.70. The number of aromatic nitrogens is 2. The first-order valence-corrected chi connectivity index (χ1v) is 8.54. The molecule has 3 rings (SSSR count). The maximum atomic E-state index is 12.1. The zero-order chi connectivity index (χ0) is 17.3. The van der Waals surface area contributed by atoms with Gasteiger partial charge in [-0.2, -0.15) is 0 Å². The van der Waals surface area contributed by atoms with E-state index in [1.54, 1.807) is 23.5 Å². The Morgan fingerprint density at radius 2 is 2.08 bits per heavy atom. The number of aryl methyl sites for hydroxylation is 3. The van der Waals surface area contributed by atoms with Crippen molar-refractivity contribution in [1.82, 2.24) is 9.97 Å². The summed E-state index contributed by atoms with van der Waals surface area (Å²) in [6, 6.07) is 5.45. The van der Waals surface area contributed by atoms with Gasteiger partial charge in [0.15, 0.2) is 6.61 Å². The van der Waals surface area contributed by atoms with Crippen LogP contribution in [0.2, 0.25) is 5.02 Å². The summed E-state index contributed by atoms with van der Waals surface area (Å²) in [6.45, 7) is 5.81. The van der Waals surface area contributed by atoms with Gasteiger partial charge < -0.3 is 10.1 Å². The van der Waals surface area contributed by atoms with Crippen molar-refractivity contribution >= 4 is 44.7 Å². The van der Waals surface area contributed by atoms with Crippen LogP contribution in [-0.4, -0.2) is 22.5 Å². The van der Waals surface area contributed by atoms with E-state index in [0.29, 0.717) is 16.6 Å². The van der Waals surface area contributed by atoms with Crippen molar-refractivity contribution in [2.45, 2.75) is 20.8 Å². The Balaban J connectivity index is 1.73. The summed E-state index contributed by atoms with van der Waals surface area (Å²) in [7, 11) is 0. The van der Waals surface area contributed by atoms with Gasteiger partial charge in [-0.25, -0.2) is 9.97 Å². The number of anilines is 1. The number of thiophene rings is 1. The molecule has 0 atom stereocenters. The summed E-state index contributed by atoms with van der Waals surface area (Å²) in [5.74, 6) is 0.129. The molecule has 1 N–H and O–H groups in total. The van der Waals surface area contributed by atoms with E-state index in [1.165, 1.54) is 6.33 Å². The molecule has 0 aliphatic carbocycles. The first-order chi connectivity index (χ1) is 11.5. The predicted octanol–water partition coefficient (Wildman–Crippen LogP) is 4.29. The Bertz CT molecular complexity index is 924. The van der Waals surface area contributed by atoms with E-state index >= 15 is 0 Å². The zero-order valence-corrected chi connectivity index (χ0v) is 15.1. The number of carbonyl (C=O) groups is 1. The number of nitrogens with one attached hydrogen (secondary N) is 1. The fraction of sp³-hybridized carbons (Fsp3) is 0.235. The van der Waals surface area contributed by atoms with Gasteiger partial charge in [-0.1, -0.05) is 17.7 Å². The Morgan fingerprint density at radius 1 is 1.29 bits per heavy atom. The van der Waals surface area contributed by atoms with E-state index in [0.717, 1.165) is 26.2 Å². The van der Waals surface area contributed by atoms with Crippen LogP contribution in [-0.2, 0) is 4.79 Å². The highest BCUT2D eigenvalue weighted by molar-refractivity contribution is 7.18. The molecule has 5 nitrogen and oxygen atoms in total. The number of halogens is 1. The van der Waals surface area contributed by atoms with Crippen LogP contribution in [0.5, 0.6) is 5.88 Å². The van der Waals surface area contributed by atoms with E-state index < -0.39 is 0 Å². The second-order valence-electron chi connectivity index (χ2n) is 5.46. The molecule has 3 aromatic rings. The lowest BCUT2D eigenvalue weighted by Gasteiger charge is -2.09. The van der Waals surface area contributed by atoms with Gasteiger partial charge in [0.05, 0.1) is 16.1 Å². The molecule has 0 saturated heterocycles. The van der Waals surface area contributed by atoms with E-state index in [2.05, 4.69) is 15.3 Å². The Hall–Kier alpha value is -2.18. The van der Waals surface area contributed by atoms with Crippen molar-refractivity contribution in [1.29, 1.82) is 0 Å². The lowest BCUT2D eigenvalue weighted by atomic mass is 10.2. The maximum absolute atomic E-state index is 12.1. The normalized spacial score (nSPS) is 10.8. The van der Waals surface area contributed by atoms with Gasteiger partial charge in [0.25, 0.3) is 5.91 Å². The first kappa shape index (κ1) is 16.7. The highest BCUT2D eigenvalue weighted by Gasteiger charge is 2.14. The lowest BCUT2D eigenvalue weighted by Crippen LogP contribution is -2.20. The number of benzene rings is 1. The molecule has 0 spiro atoms. The number of amides is 1. The molecule has 0 fully saturated rings. The molecule has 2 aromatic heterocycles. The van der Waals surface area contributed by atoms with Crippen molar-refractivity contribution in [2.24, 2.45) is 0 Å². The number of hydrogen-bond acceptors (Lipinski definition) is 5. The number of nitrogens with zero attached hydrogens (tertiary/aromatic N) is 2. The Kier molecular flexibility index (Phi) is 4.69. The van der Waals surface area contributed by atoms with Crippen LogP contribution in [0, 0.1) is 20.8 Å². The molecule has 2 heterocycles. The molecule has 124 valence electrons. The van der Waals surface area contributed by atoms with Crippen LogP contribution < -0.4 is 10.1 Å². The number of fused-ring (bicyclic) bond motifs is 1.